The molecule has 1 amide bonds. The average molecular weight is 380 g/mol. The predicted octanol–water partition coefficient (Wildman–Crippen LogP) is 3.19. The zero-order valence-electron chi connectivity index (χ0n) is 15.6. The molecule has 1 aromatic heterocycles. The first-order valence-corrected chi connectivity index (χ1v) is 8.86. The first-order valence-electron chi connectivity index (χ1n) is 8.86. The fraction of sp³-hybridized carbons (Fsp3) is 0.250. The molecular formula is C20H20N4O4. The Balaban J connectivity index is 1.82. The number of aryl methyl sites for hydroxylation is 1. The number of nitrogens with two attached hydrogens (primary N) is 1. The number of carbonyl (C=O) groups excluding carboxylic acids is 1. The normalized spacial score (nSPS) is 13.1. The molecule has 0 atom stereocenters. The largest absolute Gasteiger partial charge is 0.493 e. The fourth-order valence-electron chi connectivity index (χ4n) is 3.59. The Morgan fingerprint density at radius 3 is 2.64 bits per heavy atom. The summed E-state index contributed by atoms with van der Waals surface area (Å²) in [7, 11) is 3.20. The molecule has 144 valence electrons. The van der Waals surface area contributed by atoms with E-state index in [-0.39, 0.29) is 0 Å². The summed E-state index contributed by atoms with van der Waals surface area (Å²) in [5.74, 6) is 1.68. The van der Waals surface area contributed by atoms with Gasteiger partial charge in [-0.2, -0.15) is 10.2 Å². The third-order valence-corrected chi connectivity index (χ3v) is 4.80. The second-order valence-corrected chi connectivity index (χ2v) is 6.42. The van der Waals surface area contributed by atoms with E-state index in [1.54, 1.807) is 26.5 Å². The van der Waals surface area contributed by atoms with Crippen LogP contribution in [-0.4, -0.2) is 37.1 Å². The van der Waals surface area contributed by atoms with Crippen molar-refractivity contribution in [1.82, 2.24) is 10.2 Å². The third kappa shape index (κ3) is 3.13. The van der Waals surface area contributed by atoms with Gasteiger partial charge < -0.3 is 24.8 Å². The van der Waals surface area contributed by atoms with Crippen LogP contribution >= 0.6 is 0 Å². The lowest BCUT2D eigenvalue weighted by Gasteiger charge is -2.32. The predicted molar refractivity (Wildman–Crippen MR) is 105 cm³/mol. The van der Waals surface area contributed by atoms with Crippen LogP contribution < -0.4 is 24.8 Å². The average Bonchev–Trinajstić information content (AvgIpc) is 2.71. The summed E-state index contributed by atoms with van der Waals surface area (Å²) in [6, 6.07) is 9.26. The number of anilines is 2. The minimum Gasteiger partial charge on any atom is -0.493 e. The van der Waals surface area contributed by atoms with Crippen LogP contribution in [-0.2, 0) is 6.42 Å². The molecule has 0 aliphatic carbocycles. The van der Waals surface area contributed by atoms with E-state index in [2.05, 4.69) is 15.1 Å². The Bertz CT molecular complexity index is 1050. The molecule has 1 aliphatic rings. The van der Waals surface area contributed by atoms with E-state index in [1.807, 2.05) is 24.3 Å². The van der Waals surface area contributed by atoms with Crippen LogP contribution in [0.3, 0.4) is 0 Å². The molecule has 8 heteroatoms. The number of primary amides is 1. The molecule has 0 bridgehead atoms. The van der Waals surface area contributed by atoms with Gasteiger partial charge in [-0.1, -0.05) is 0 Å². The van der Waals surface area contributed by atoms with Crippen molar-refractivity contribution in [3.63, 3.8) is 0 Å². The number of aromatic nitrogens is 2. The minimum atomic E-state index is -0.821. The third-order valence-electron chi connectivity index (χ3n) is 4.80. The van der Waals surface area contributed by atoms with E-state index < -0.39 is 6.09 Å². The Hall–Kier alpha value is -3.55. The van der Waals surface area contributed by atoms with Crippen molar-refractivity contribution in [2.45, 2.75) is 12.8 Å². The molecule has 2 heterocycles. The highest BCUT2D eigenvalue weighted by Crippen LogP contribution is 2.40. The van der Waals surface area contributed by atoms with Crippen LogP contribution in [0.2, 0.25) is 0 Å². The summed E-state index contributed by atoms with van der Waals surface area (Å²) in [5, 5.41) is 9.33. The zero-order chi connectivity index (χ0) is 19.7. The van der Waals surface area contributed by atoms with Gasteiger partial charge in [0.1, 0.15) is 5.75 Å². The van der Waals surface area contributed by atoms with E-state index in [9.17, 15) is 4.79 Å². The molecule has 0 radical (unpaired) electrons. The molecule has 28 heavy (non-hydrogen) atoms. The van der Waals surface area contributed by atoms with E-state index in [4.69, 9.17) is 19.9 Å². The number of benzene rings is 2. The summed E-state index contributed by atoms with van der Waals surface area (Å²) in [6.45, 7) is 0.832. The van der Waals surface area contributed by atoms with E-state index in [0.717, 1.165) is 47.2 Å². The summed E-state index contributed by atoms with van der Waals surface area (Å²) in [5.41, 5.74) is 8.88. The maximum atomic E-state index is 11.0. The highest BCUT2D eigenvalue weighted by molar-refractivity contribution is 5.95. The van der Waals surface area contributed by atoms with E-state index in [0.29, 0.717) is 17.2 Å². The van der Waals surface area contributed by atoms with E-state index >= 15 is 0 Å². The van der Waals surface area contributed by atoms with Crippen LogP contribution in [0.25, 0.3) is 10.9 Å². The van der Waals surface area contributed by atoms with Gasteiger partial charge >= 0.3 is 6.09 Å². The molecule has 1 aliphatic heterocycles. The molecule has 4 rings (SSSR count). The quantitative estimate of drug-likeness (QED) is 0.742. The lowest BCUT2D eigenvalue weighted by Crippen LogP contribution is -2.25. The molecule has 2 N–H and O–H groups in total. The Kier molecular flexibility index (Phi) is 4.60. The lowest BCUT2D eigenvalue weighted by atomic mass is 10.00. The van der Waals surface area contributed by atoms with Gasteiger partial charge in [0.25, 0.3) is 0 Å². The molecule has 0 saturated heterocycles. The molecule has 2 aromatic carbocycles. The number of amides is 1. The maximum absolute atomic E-state index is 11.0. The Morgan fingerprint density at radius 2 is 1.89 bits per heavy atom. The molecule has 0 saturated carbocycles. The second-order valence-electron chi connectivity index (χ2n) is 6.42. The van der Waals surface area contributed by atoms with Crippen LogP contribution in [0, 0.1) is 0 Å². The van der Waals surface area contributed by atoms with Crippen molar-refractivity contribution >= 4 is 28.4 Å². The second kappa shape index (κ2) is 7.22. The standard InChI is InChI=1S/C20H20N4O4/c1-26-18-9-14-15(10-19(18)27-2)23-22-11-17(14)24-7-3-4-12-8-13(28-20(21)25)5-6-16(12)24/h5-6,8-11H,3-4,7H2,1-2H3,(H2,21,25). The smallest absolute Gasteiger partial charge is 0.409 e. The van der Waals surface area contributed by atoms with Gasteiger partial charge in [-0.05, 0) is 42.7 Å². The summed E-state index contributed by atoms with van der Waals surface area (Å²) < 4.78 is 15.8. The fourth-order valence-corrected chi connectivity index (χ4v) is 3.59. The number of hydrogen-bond donors (Lipinski definition) is 1. The summed E-state index contributed by atoms with van der Waals surface area (Å²) in [6.07, 6.45) is 2.76. The Morgan fingerprint density at radius 1 is 1.11 bits per heavy atom. The molecular weight excluding hydrogens is 360 g/mol. The summed E-state index contributed by atoms with van der Waals surface area (Å²) >= 11 is 0. The molecule has 0 spiro atoms. The number of carbonyl (C=O) groups is 1. The SMILES string of the molecule is COc1cc2nncc(N3CCCc4cc(OC(N)=O)ccc43)c2cc1OC. The molecule has 3 aromatic rings. The highest BCUT2D eigenvalue weighted by atomic mass is 16.5. The van der Waals surface area contributed by atoms with Crippen molar-refractivity contribution in [2.75, 3.05) is 25.7 Å². The topological polar surface area (TPSA) is 99.8 Å². The number of rotatable bonds is 4. The van der Waals surface area contributed by atoms with E-state index in [1.165, 1.54) is 0 Å². The Labute approximate surface area is 161 Å². The first kappa shape index (κ1) is 17.8. The highest BCUT2D eigenvalue weighted by Gasteiger charge is 2.22. The van der Waals surface area contributed by atoms with Crippen LogP contribution in [0.15, 0.2) is 36.5 Å². The van der Waals surface area contributed by atoms with Crippen LogP contribution in [0.1, 0.15) is 12.0 Å². The summed E-state index contributed by atoms with van der Waals surface area (Å²) in [4.78, 5) is 13.2. The van der Waals surface area contributed by atoms with Crippen molar-refractivity contribution < 1.29 is 19.0 Å². The van der Waals surface area contributed by atoms with Gasteiger partial charge in [-0.3, -0.25) is 0 Å². The van der Waals surface area contributed by atoms with Gasteiger partial charge in [0.05, 0.1) is 31.6 Å². The monoisotopic (exact) mass is 380 g/mol. The van der Waals surface area contributed by atoms with Gasteiger partial charge in [-0.25, -0.2) is 4.79 Å². The molecule has 0 unspecified atom stereocenters. The first-order chi connectivity index (χ1) is 13.6. The van der Waals surface area contributed by atoms with Crippen molar-refractivity contribution in [3.05, 3.63) is 42.1 Å². The number of nitrogens with zero attached hydrogens (tertiary/aromatic N) is 3. The zero-order valence-corrected chi connectivity index (χ0v) is 15.6. The van der Waals surface area contributed by atoms with Crippen molar-refractivity contribution in [1.29, 1.82) is 0 Å². The van der Waals surface area contributed by atoms with Crippen molar-refractivity contribution in [2.24, 2.45) is 5.73 Å². The molecule has 8 nitrogen and oxygen atoms in total. The number of methoxy groups -OCH3 is 2. The van der Waals surface area contributed by atoms with Gasteiger partial charge in [0, 0.05) is 23.7 Å². The van der Waals surface area contributed by atoms with Crippen LogP contribution in [0.4, 0.5) is 16.2 Å². The lowest BCUT2D eigenvalue weighted by molar-refractivity contribution is 0.211. The maximum Gasteiger partial charge on any atom is 0.409 e. The minimum absolute atomic E-state index is 0.442. The number of fused-ring (bicyclic) bond motifs is 2. The van der Waals surface area contributed by atoms with Gasteiger partial charge in [0.15, 0.2) is 11.5 Å². The van der Waals surface area contributed by atoms with Crippen LogP contribution in [0.5, 0.6) is 17.2 Å². The molecule has 0 fully saturated rings. The van der Waals surface area contributed by atoms with Crippen molar-refractivity contribution in [3.8, 4) is 17.2 Å². The number of hydrogen-bond acceptors (Lipinski definition) is 7. The van der Waals surface area contributed by atoms with Gasteiger partial charge in [-0.15, -0.1) is 0 Å². The number of ether oxygens (including phenoxy) is 3. The van der Waals surface area contributed by atoms with Gasteiger partial charge in [0.2, 0.25) is 0 Å².